The summed E-state index contributed by atoms with van der Waals surface area (Å²) in [6.45, 7) is 7.75. The molecule has 0 saturated carbocycles. The molecule has 0 heterocycles. The molecule has 0 rings (SSSR count). The van der Waals surface area contributed by atoms with Crippen molar-refractivity contribution in [1.29, 1.82) is 0 Å². The van der Waals surface area contributed by atoms with Gasteiger partial charge in [0.2, 0.25) is 0 Å². The van der Waals surface area contributed by atoms with Gasteiger partial charge in [-0.15, -0.1) is 0 Å². The van der Waals surface area contributed by atoms with Gasteiger partial charge in [-0.2, -0.15) is 5.92 Å². The van der Waals surface area contributed by atoms with Gasteiger partial charge in [0.1, 0.15) is 0 Å². The minimum atomic E-state index is 0. The molecule has 0 aliphatic carbocycles. The molecule has 0 aliphatic rings. The zero-order valence-electron chi connectivity index (χ0n) is 5.94. The first-order valence-electron chi connectivity index (χ1n) is 2.42. The summed E-state index contributed by atoms with van der Waals surface area (Å²) in [5.74, 6) is 0.583. The van der Waals surface area contributed by atoms with Crippen molar-refractivity contribution in [2.45, 2.75) is 13.8 Å². The van der Waals surface area contributed by atoms with Crippen LogP contribution in [-0.2, 0) is 18.6 Å². The van der Waals surface area contributed by atoms with Crippen molar-refractivity contribution < 1.29 is 18.6 Å². The Labute approximate surface area is 65.1 Å². The first kappa shape index (κ1) is 15.8. The first-order valence-corrected chi connectivity index (χ1v) is 2.42. The fraction of sp³-hybridized carbons (Fsp3) is 0.667. The minimum Gasteiger partial charge on any atom is -0.475 e. The Morgan fingerprint density at radius 1 is 1.38 bits per heavy atom. The van der Waals surface area contributed by atoms with Crippen LogP contribution in [0, 0.1) is 19.9 Å². The van der Waals surface area contributed by atoms with Gasteiger partial charge in [-0.05, 0) is 7.05 Å². The molecule has 2 heteroatoms. The topological polar surface area (TPSA) is 12.0 Å². The summed E-state index contributed by atoms with van der Waals surface area (Å²) in [6.07, 6.45) is 0. The summed E-state index contributed by atoms with van der Waals surface area (Å²) < 4.78 is 0. The number of hydrogen-bond donors (Lipinski definition) is 1. The van der Waals surface area contributed by atoms with Crippen molar-refractivity contribution >= 4 is 0 Å². The molecule has 0 spiro atoms. The summed E-state index contributed by atoms with van der Waals surface area (Å²) >= 11 is 0. The van der Waals surface area contributed by atoms with Crippen molar-refractivity contribution in [3.05, 3.63) is 14.0 Å². The van der Waals surface area contributed by atoms with E-state index in [0.29, 0.717) is 5.92 Å². The van der Waals surface area contributed by atoms with Gasteiger partial charge in [0.25, 0.3) is 0 Å². The van der Waals surface area contributed by atoms with Gasteiger partial charge < -0.3 is 12.2 Å². The summed E-state index contributed by atoms with van der Waals surface area (Å²) in [5, 5.41) is 2.50. The van der Waals surface area contributed by atoms with Crippen molar-refractivity contribution in [3.8, 4) is 0 Å². The van der Waals surface area contributed by atoms with Gasteiger partial charge in [-0.25, -0.2) is 0 Å². The van der Waals surface area contributed by atoms with Crippen LogP contribution in [0.1, 0.15) is 13.8 Å². The molecular formula is C6H15NV. The van der Waals surface area contributed by atoms with E-state index in [1.807, 2.05) is 0 Å². The van der Waals surface area contributed by atoms with Crippen molar-refractivity contribution in [1.82, 2.24) is 5.32 Å². The normalized spacial score (nSPS) is 6.75. The van der Waals surface area contributed by atoms with Crippen LogP contribution >= 0.6 is 0 Å². The summed E-state index contributed by atoms with van der Waals surface area (Å²) in [4.78, 5) is 0. The third-order valence-electron chi connectivity index (χ3n) is 0. The quantitative estimate of drug-likeness (QED) is 0.518. The SMILES string of the molecule is [CH2-]C(C)C.[CH2-]NC.[V+2]. The zero-order chi connectivity index (χ0) is 6.28. The molecule has 0 aromatic rings. The molecule has 0 bridgehead atoms. The average molecular weight is 152 g/mol. The van der Waals surface area contributed by atoms with Crippen molar-refractivity contribution in [2.75, 3.05) is 7.05 Å². The summed E-state index contributed by atoms with van der Waals surface area (Å²) in [7, 11) is 5.00. The van der Waals surface area contributed by atoms with E-state index in [2.05, 4.69) is 33.1 Å². The van der Waals surface area contributed by atoms with Crippen molar-refractivity contribution in [2.24, 2.45) is 5.92 Å². The Kier molecular flexibility index (Phi) is 30.9. The van der Waals surface area contributed by atoms with E-state index in [9.17, 15) is 0 Å². The molecule has 1 radical (unpaired) electrons. The standard InChI is InChI=1S/C4H9.C2H6N.V/c1-4(2)3;1-3-2;/h4H,1H2,2-3H3;3H,1H2,2H3;/q2*-1;+2. The number of nitrogens with one attached hydrogen (secondary N) is 1. The van der Waals surface area contributed by atoms with Crippen LogP contribution in [-0.4, -0.2) is 7.05 Å². The molecule has 0 saturated heterocycles. The second kappa shape index (κ2) is 15.6. The van der Waals surface area contributed by atoms with E-state index in [-0.39, 0.29) is 18.6 Å². The Balaban J connectivity index is -0.0000000575. The molecule has 0 unspecified atom stereocenters. The van der Waals surface area contributed by atoms with Crippen LogP contribution in [0.4, 0.5) is 0 Å². The molecule has 0 aromatic carbocycles. The van der Waals surface area contributed by atoms with E-state index in [1.54, 1.807) is 7.05 Å². The maximum atomic E-state index is 3.64. The van der Waals surface area contributed by atoms with E-state index < -0.39 is 0 Å². The van der Waals surface area contributed by atoms with Crippen LogP contribution in [0.2, 0.25) is 0 Å². The van der Waals surface area contributed by atoms with Gasteiger partial charge in [0.05, 0.1) is 0 Å². The van der Waals surface area contributed by atoms with Crippen LogP contribution in [0.25, 0.3) is 0 Å². The molecule has 0 atom stereocenters. The van der Waals surface area contributed by atoms with Crippen LogP contribution in [0.3, 0.4) is 0 Å². The van der Waals surface area contributed by atoms with E-state index in [1.165, 1.54) is 0 Å². The molecule has 1 nitrogen and oxygen atoms in total. The Morgan fingerprint density at radius 3 is 1.38 bits per heavy atom. The molecule has 1 N–H and O–H groups in total. The first-order chi connectivity index (χ1) is 3.15. The Bertz CT molecular complexity index is 19.7. The number of rotatable bonds is 0. The monoisotopic (exact) mass is 152 g/mol. The predicted octanol–water partition coefficient (Wildman–Crippen LogP) is 1.47. The molecular weight excluding hydrogens is 137 g/mol. The third-order valence-corrected chi connectivity index (χ3v) is 0. The summed E-state index contributed by atoms with van der Waals surface area (Å²) in [5.41, 5.74) is 0. The van der Waals surface area contributed by atoms with Gasteiger partial charge in [0.15, 0.2) is 0 Å². The van der Waals surface area contributed by atoms with Gasteiger partial charge in [-0.3, -0.25) is 7.05 Å². The van der Waals surface area contributed by atoms with Crippen LogP contribution in [0.15, 0.2) is 0 Å². The van der Waals surface area contributed by atoms with Gasteiger partial charge >= 0.3 is 18.6 Å². The fourth-order valence-electron chi connectivity index (χ4n) is 0. The van der Waals surface area contributed by atoms with E-state index in [0.717, 1.165) is 0 Å². The molecule has 8 heavy (non-hydrogen) atoms. The molecule has 0 aromatic heterocycles. The maximum absolute atomic E-state index is 3.64. The van der Waals surface area contributed by atoms with Crippen molar-refractivity contribution in [3.63, 3.8) is 0 Å². The number of hydrogen-bond acceptors (Lipinski definition) is 1. The van der Waals surface area contributed by atoms with E-state index in [4.69, 9.17) is 0 Å². The second-order valence-electron chi connectivity index (χ2n) is 1.75. The maximum Gasteiger partial charge on any atom is 2.00 e. The largest absolute Gasteiger partial charge is 2.00 e. The minimum absolute atomic E-state index is 0. The van der Waals surface area contributed by atoms with Crippen LogP contribution < -0.4 is 5.32 Å². The zero-order valence-corrected chi connectivity index (χ0v) is 7.34. The second-order valence-corrected chi connectivity index (χ2v) is 1.75. The van der Waals surface area contributed by atoms with Gasteiger partial charge in [0, 0.05) is 0 Å². The van der Waals surface area contributed by atoms with Crippen LogP contribution in [0.5, 0.6) is 0 Å². The van der Waals surface area contributed by atoms with Gasteiger partial charge in [-0.1, -0.05) is 13.8 Å². The molecule has 49 valence electrons. The molecule has 0 amide bonds. The Hall–Kier alpha value is 0.544. The fourth-order valence-corrected chi connectivity index (χ4v) is 0. The molecule has 0 aliphatic heterocycles. The predicted molar refractivity (Wildman–Crippen MR) is 34.6 cm³/mol. The smallest absolute Gasteiger partial charge is 0.475 e. The molecule has 0 fully saturated rings. The third kappa shape index (κ3) is 679. The van der Waals surface area contributed by atoms with E-state index >= 15 is 0 Å². The average Bonchev–Trinajstić information content (AvgIpc) is 1.33. The summed E-state index contributed by atoms with van der Waals surface area (Å²) in [6, 6.07) is 0. The Morgan fingerprint density at radius 2 is 1.38 bits per heavy atom.